The van der Waals surface area contributed by atoms with Crippen LogP contribution in [0.3, 0.4) is 0 Å². The van der Waals surface area contributed by atoms with E-state index in [-0.39, 0.29) is 12.3 Å². The third-order valence-corrected chi connectivity index (χ3v) is 4.93. The number of aromatic nitrogens is 4. The van der Waals surface area contributed by atoms with E-state index < -0.39 is 10.0 Å². The quantitative estimate of drug-likeness (QED) is 0.843. The maximum Gasteiger partial charge on any atom is 0.211 e. The van der Waals surface area contributed by atoms with Crippen LogP contribution in [0.1, 0.15) is 57.3 Å². The summed E-state index contributed by atoms with van der Waals surface area (Å²) < 4.78 is 27.6. The standard InChI is InChI=1S/C11H21N5O2S/c1-2-8-19(17,18)12-9-11-13-14-15-16(11)10-6-4-3-5-7-10/h10,12H,2-9H2,1H3. The Morgan fingerprint density at radius 3 is 2.74 bits per heavy atom. The summed E-state index contributed by atoms with van der Waals surface area (Å²) in [6, 6.07) is 0.314. The van der Waals surface area contributed by atoms with Crippen LogP contribution in [0.4, 0.5) is 0 Å². The van der Waals surface area contributed by atoms with Gasteiger partial charge in [0.05, 0.1) is 18.3 Å². The third-order valence-electron chi connectivity index (χ3n) is 3.40. The molecule has 0 unspecified atom stereocenters. The normalized spacial score (nSPS) is 17.7. The molecule has 0 radical (unpaired) electrons. The van der Waals surface area contributed by atoms with E-state index in [1.807, 2.05) is 6.92 Å². The Labute approximate surface area is 113 Å². The summed E-state index contributed by atoms with van der Waals surface area (Å²) in [5, 5.41) is 11.6. The molecule has 19 heavy (non-hydrogen) atoms. The van der Waals surface area contributed by atoms with Crippen LogP contribution in [0.5, 0.6) is 0 Å². The Balaban J connectivity index is 1.99. The second kappa shape index (κ2) is 6.42. The highest BCUT2D eigenvalue weighted by Gasteiger charge is 2.20. The molecule has 1 aromatic rings. The SMILES string of the molecule is CCCS(=O)(=O)NCc1nnnn1C1CCCCC1. The van der Waals surface area contributed by atoms with Crippen molar-refractivity contribution in [3.8, 4) is 0 Å². The van der Waals surface area contributed by atoms with E-state index in [1.165, 1.54) is 19.3 Å². The topological polar surface area (TPSA) is 89.8 Å². The van der Waals surface area contributed by atoms with E-state index >= 15 is 0 Å². The lowest BCUT2D eigenvalue weighted by Gasteiger charge is -2.22. The van der Waals surface area contributed by atoms with Crippen LogP contribution in [0.15, 0.2) is 0 Å². The highest BCUT2D eigenvalue weighted by molar-refractivity contribution is 7.89. The van der Waals surface area contributed by atoms with Gasteiger partial charge in [0.15, 0.2) is 5.82 Å². The van der Waals surface area contributed by atoms with Gasteiger partial charge in [-0.2, -0.15) is 0 Å². The summed E-state index contributed by atoms with van der Waals surface area (Å²) in [7, 11) is -3.21. The molecule has 0 spiro atoms. The number of rotatable bonds is 6. The first-order chi connectivity index (χ1) is 9.12. The van der Waals surface area contributed by atoms with Crippen molar-refractivity contribution in [2.45, 2.75) is 58.0 Å². The second-order valence-corrected chi connectivity index (χ2v) is 6.90. The summed E-state index contributed by atoms with van der Waals surface area (Å²) in [5.74, 6) is 0.740. The Morgan fingerprint density at radius 2 is 2.05 bits per heavy atom. The molecule has 0 atom stereocenters. The molecule has 1 fully saturated rings. The number of tetrazole rings is 1. The molecule has 2 rings (SSSR count). The van der Waals surface area contributed by atoms with E-state index in [1.54, 1.807) is 4.68 Å². The zero-order valence-corrected chi connectivity index (χ0v) is 12.1. The van der Waals surface area contributed by atoms with Gasteiger partial charge < -0.3 is 0 Å². The molecule has 0 aromatic carbocycles. The average molecular weight is 287 g/mol. The van der Waals surface area contributed by atoms with Crippen molar-refractivity contribution >= 4 is 10.0 Å². The number of hydrogen-bond donors (Lipinski definition) is 1. The number of sulfonamides is 1. The summed E-state index contributed by atoms with van der Waals surface area (Å²) in [4.78, 5) is 0. The first kappa shape index (κ1) is 14.4. The monoisotopic (exact) mass is 287 g/mol. The fourth-order valence-corrected chi connectivity index (χ4v) is 3.48. The minimum absolute atomic E-state index is 0.137. The Kier molecular flexibility index (Phi) is 4.87. The maximum atomic E-state index is 11.6. The number of hydrogen-bond acceptors (Lipinski definition) is 5. The van der Waals surface area contributed by atoms with Crippen LogP contribution in [-0.2, 0) is 16.6 Å². The molecule has 7 nitrogen and oxygen atoms in total. The average Bonchev–Trinajstić information content (AvgIpc) is 2.86. The summed E-state index contributed by atoms with van der Waals surface area (Å²) in [5.41, 5.74) is 0. The van der Waals surface area contributed by atoms with E-state index in [0.717, 1.165) is 12.8 Å². The van der Waals surface area contributed by atoms with E-state index in [4.69, 9.17) is 0 Å². The van der Waals surface area contributed by atoms with Crippen molar-refractivity contribution in [1.82, 2.24) is 24.9 Å². The molecule has 108 valence electrons. The minimum atomic E-state index is -3.21. The molecular weight excluding hydrogens is 266 g/mol. The highest BCUT2D eigenvalue weighted by atomic mass is 32.2. The molecule has 8 heteroatoms. The van der Waals surface area contributed by atoms with Gasteiger partial charge in [-0.25, -0.2) is 17.8 Å². The van der Waals surface area contributed by atoms with Crippen molar-refractivity contribution < 1.29 is 8.42 Å². The van der Waals surface area contributed by atoms with Gasteiger partial charge in [-0.15, -0.1) is 5.10 Å². The first-order valence-corrected chi connectivity index (χ1v) is 8.51. The van der Waals surface area contributed by atoms with Gasteiger partial charge in [0.1, 0.15) is 0 Å². The minimum Gasteiger partial charge on any atom is -0.225 e. The van der Waals surface area contributed by atoms with Crippen LogP contribution in [0.25, 0.3) is 0 Å². The van der Waals surface area contributed by atoms with Gasteiger partial charge in [-0.05, 0) is 29.7 Å². The van der Waals surface area contributed by atoms with Gasteiger partial charge in [0.2, 0.25) is 10.0 Å². The summed E-state index contributed by atoms with van der Waals surface area (Å²) in [6.45, 7) is 2.01. The summed E-state index contributed by atoms with van der Waals surface area (Å²) >= 11 is 0. The maximum absolute atomic E-state index is 11.6. The first-order valence-electron chi connectivity index (χ1n) is 6.86. The number of nitrogens with zero attached hydrogens (tertiary/aromatic N) is 4. The molecule has 1 aliphatic carbocycles. The molecule has 0 bridgehead atoms. The third kappa shape index (κ3) is 3.97. The van der Waals surface area contributed by atoms with Gasteiger partial charge in [0, 0.05) is 0 Å². The zero-order valence-electron chi connectivity index (χ0n) is 11.2. The fourth-order valence-electron chi connectivity index (χ4n) is 2.45. The van der Waals surface area contributed by atoms with Gasteiger partial charge in [0.25, 0.3) is 0 Å². The predicted molar refractivity (Wildman–Crippen MR) is 70.9 cm³/mol. The van der Waals surface area contributed by atoms with Crippen molar-refractivity contribution in [3.05, 3.63) is 5.82 Å². The van der Waals surface area contributed by atoms with E-state index in [9.17, 15) is 8.42 Å². The molecule has 1 saturated carbocycles. The van der Waals surface area contributed by atoms with Crippen LogP contribution in [0, 0.1) is 0 Å². The zero-order chi connectivity index (χ0) is 13.7. The molecule has 1 heterocycles. The van der Waals surface area contributed by atoms with Crippen molar-refractivity contribution in [1.29, 1.82) is 0 Å². The van der Waals surface area contributed by atoms with E-state index in [0.29, 0.717) is 18.3 Å². The Morgan fingerprint density at radius 1 is 1.32 bits per heavy atom. The Hall–Kier alpha value is -1.02. The predicted octanol–water partition coefficient (Wildman–Crippen LogP) is 1.01. The largest absolute Gasteiger partial charge is 0.225 e. The highest BCUT2D eigenvalue weighted by Crippen LogP contribution is 2.27. The summed E-state index contributed by atoms with van der Waals surface area (Å²) in [6.07, 6.45) is 6.37. The lowest BCUT2D eigenvalue weighted by molar-refractivity contribution is 0.316. The second-order valence-electron chi connectivity index (χ2n) is 4.97. The molecule has 0 amide bonds. The molecule has 1 aromatic heterocycles. The van der Waals surface area contributed by atoms with Crippen molar-refractivity contribution in [2.24, 2.45) is 0 Å². The molecule has 0 saturated heterocycles. The van der Waals surface area contributed by atoms with Crippen LogP contribution in [-0.4, -0.2) is 34.4 Å². The lowest BCUT2D eigenvalue weighted by atomic mass is 9.96. The molecule has 1 aliphatic rings. The van der Waals surface area contributed by atoms with Crippen LogP contribution >= 0.6 is 0 Å². The van der Waals surface area contributed by atoms with Crippen molar-refractivity contribution in [3.63, 3.8) is 0 Å². The lowest BCUT2D eigenvalue weighted by Crippen LogP contribution is -2.28. The van der Waals surface area contributed by atoms with Crippen LogP contribution < -0.4 is 4.72 Å². The van der Waals surface area contributed by atoms with Gasteiger partial charge >= 0.3 is 0 Å². The van der Waals surface area contributed by atoms with E-state index in [2.05, 4.69) is 20.2 Å². The van der Waals surface area contributed by atoms with Crippen LogP contribution in [0.2, 0.25) is 0 Å². The smallest absolute Gasteiger partial charge is 0.211 e. The number of nitrogens with one attached hydrogen (secondary N) is 1. The fraction of sp³-hybridized carbons (Fsp3) is 0.909. The Bertz CT molecular complexity index is 493. The van der Waals surface area contributed by atoms with Crippen molar-refractivity contribution in [2.75, 3.05) is 5.75 Å². The van der Waals surface area contributed by atoms with Gasteiger partial charge in [-0.3, -0.25) is 0 Å². The molecule has 1 N–H and O–H groups in total. The molecular formula is C11H21N5O2S. The van der Waals surface area contributed by atoms with Gasteiger partial charge in [-0.1, -0.05) is 26.2 Å². The molecule has 0 aliphatic heterocycles.